The maximum absolute atomic E-state index is 10.6. The van der Waals surface area contributed by atoms with Gasteiger partial charge in [0.25, 0.3) is 5.69 Å². The van der Waals surface area contributed by atoms with Crippen molar-refractivity contribution >= 4 is 23.0 Å². The van der Waals surface area contributed by atoms with Crippen LogP contribution in [0.1, 0.15) is 6.92 Å². The minimum atomic E-state index is -0.509. The minimum Gasteiger partial charge on any atom is -0.475 e. The lowest BCUT2D eigenvalue weighted by atomic mass is 10.2. The number of hydrogen-bond donors (Lipinski definition) is 1. The second-order valence-electron chi connectivity index (χ2n) is 4.31. The number of nitro groups is 1. The Bertz CT molecular complexity index is 663. The van der Waals surface area contributed by atoms with Crippen molar-refractivity contribution < 1.29 is 19.0 Å². The first kappa shape index (κ1) is 15.8. The number of nitro benzene ring substituents is 1. The van der Waals surface area contributed by atoms with Crippen LogP contribution in [0.25, 0.3) is 0 Å². The second-order valence-corrected chi connectivity index (χ2v) is 4.72. The maximum Gasteiger partial charge on any atom is 0.320 e. The number of anilines is 1. The van der Waals surface area contributed by atoms with Gasteiger partial charge in [-0.05, 0) is 23.3 Å². The van der Waals surface area contributed by atoms with Crippen LogP contribution in [0.5, 0.6) is 11.8 Å². The van der Waals surface area contributed by atoms with Crippen molar-refractivity contribution in [2.75, 3.05) is 19.0 Å². The van der Waals surface area contributed by atoms with Gasteiger partial charge in [-0.25, -0.2) is 4.63 Å². The van der Waals surface area contributed by atoms with Gasteiger partial charge < -0.3 is 14.8 Å². The number of ether oxygens (including phenoxy) is 2. The quantitative estimate of drug-likeness (QED) is 0.609. The molecule has 118 valence electrons. The Balaban J connectivity index is 1.93. The Morgan fingerprint density at radius 2 is 2.18 bits per heavy atom. The second kappa shape index (κ2) is 6.94. The molecule has 0 radical (unpaired) electrons. The SMILES string of the molecule is COc1nonc1O[C@H](C)CNc1ccc([N+](=O)[O-])cc1Cl. The van der Waals surface area contributed by atoms with Crippen LogP contribution in [0, 0.1) is 10.1 Å². The standard InChI is InChI=1S/C12H13ClN4O5/c1-7(21-12-11(20-2)15-22-16-12)6-14-10-4-3-8(17(18)19)5-9(10)13/h3-5,7,14H,6H2,1-2H3/t7-/m1/s1. The molecule has 0 spiro atoms. The molecule has 0 amide bonds. The summed E-state index contributed by atoms with van der Waals surface area (Å²) in [5.41, 5.74) is 0.492. The third-order valence-electron chi connectivity index (χ3n) is 2.68. The zero-order valence-corrected chi connectivity index (χ0v) is 12.5. The van der Waals surface area contributed by atoms with E-state index in [2.05, 4.69) is 20.3 Å². The summed E-state index contributed by atoms with van der Waals surface area (Å²) in [5, 5.41) is 21.0. The molecule has 1 heterocycles. The summed E-state index contributed by atoms with van der Waals surface area (Å²) >= 11 is 5.98. The Morgan fingerprint density at radius 1 is 1.45 bits per heavy atom. The first-order valence-corrected chi connectivity index (χ1v) is 6.60. The largest absolute Gasteiger partial charge is 0.475 e. The van der Waals surface area contributed by atoms with Gasteiger partial charge >= 0.3 is 11.8 Å². The lowest BCUT2D eigenvalue weighted by Gasteiger charge is -2.14. The highest BCUT2D eigenvalue weighted by atomic mass is 35.5. The summed E-state index contributed by atoms with van der Waals surface area (Å²) in [6, 6.07) is 4.18. The van der Waals surface area contributed by atoms with Crippen molar-refractivity contribution in [1.82, 2.24) is 10.3 Å². The number of non-ortho nitro benzene ring substituents is 1. The summed E-state index contributed by atoms with van der Waals surface area (Å²) in [5.74, 6) is 0.298. The van der Waals surface area contributed by atoms with Gasteiger partial charge in [-0.1, -0.05) is 11.6 Å². The van der Waals surface area contributed by atoms with E-state index in [1.807, 2.05) is 0 Å². The Kier molecular flexibility index (Phi) is 4.99. The highest BCUT2D eigenvalue weighted by Gasteiger charge is 2.16. The highest BCUT2D eigenvalue weighted by molar-refractivity contribution is 6.33. The molecule has 1 atom stereocenters. The van der Waals surface area contributed by atoms with E-state index in [9.17, 15) is 10.1 Å². The van der Waals surface area contributed by atoms with Gasteiger partial charge in [0.1, 0.15) is 6.10 Å². The molecule has 2 aromatic rings. The van der Waals surface area contributed by atoms with Crippen molar-refractivity contribution in [2.45, 2.75) is 13.0 Å². The first-order valence-electron chi connectivity index (χ1n) is 6.22. The van der Waals surface area contributed by atoms with Crippen LogP contribution < -0.4 is 14.8 Å². The number of hydrogen-bond acceptors (Lipinski definition) is 8. The van der Waals surface area contributed by atoms with Crippen LogP contribution in [-0.2, 0) is 0 Å². The molecule has 0 saturated carbocycles. The number of methoxy groups -OCH3 is 1. The van der Waals surface area contributed by atoms with Gasteiger partial charge in [-0.15, -0.1) is 0 Å². The van der Waals surface area contributed by atoms with E-state index in [-0.39, 0.29) is 28.6 Å². The highest BCUT2D eigenvalue weighted by Crippen LogP contribution is 2.27. The molecular weight excluding hydrogens is 316 g/mol. The van der Waals surface area contributed by atoms with Crippen molar-refractivity contribution in [1.29, 1.82) is 0 Å². The van der Waals surface area contributed by atoms with E-state index in [1.54, 1.807) is 6.92 Å². The molecule has 9 nitrogen and oxygen atoms in total. The predicted octanol–water partition coefficient (Wildman–Crippen LogP) is 2.52. The lowest BCUT2D eigenvalue weighted by Crippen LogP contribution is -2.23. The predicted molar refractivity (Wildman–Crippen MR) is 77.5 cm³/mol. The molecule has 10 heteroatoms. The summed E-state index contributed by atoms with van der Waals surface area (Å²) in [6.45, 7) is 2.17. The van der Waals surface area contributed by atoms with Crippen LogP contribution in [0.2, 0.25) is 5.02 Å². The summed E-state index contributed by atoms with van der Waals surface area (Å²) < 4.78 is 14.9. The monoisotopic (exact) mass is 328 g/mol. The Labute approximate surface area is 130 Å². The van der Waals surface area contributed by atoms with Gasteiger partial charge in [0, 0.05) is 12.1 Å². The van der Waals surface area contributed by atoms with Crippen LogP contribution >= 0.6 is 11.6 Å². The lowest BCUT2D eigenvalue weighted by molar-refractivity contribution is -0.384. The van der Waals surface area contributed by atoms with Crippen molar-refractivity contribution in [3.63, 3.8) is 0 Å². The smallest absolute Gasteiger partial charge is 0.320 e. The Hall–Kier alpha value is -2.55. The fourth-order valence-electron chi connectivity index (χ4n) is 1.62. The van der Waals surface area contributed by atoms with E-state index in [0.717, 1.165) is 0 Å². The zero-order valence-electron chi connectivity index (χ0n) is 11.8. The molecular formula is C12H13ClN4O5. The van der Waals surface area contributed by atoms with Crippen molar-refractivity contribution in [3.05, 3.63) is 33.3 Å². The van der Waals surface area contributed by atoms with Crippen molar-refractivity contribution in [2.24, 2.45) is 0 Å². The molecule has 0 bridgehead atoms. The van der Waals surface area contributed by atoms with Crippen LogP contribution in [0.4, 0.5) is 11.4 Å². The average Bonchev–Trinajstić information content (AvgIpc) is 2.92. The van der Waals surface area contributed by atoms with Gasteiger partial charge in [-0.2, -0.15) is 0 Å². The molecule has 1 N–H and O–H groups in total. The van der Waals surface area contributed by atoms with Crippen LogP contribution in [0.15, 0.2) is 22.8 Å². The van der Waals surface area contributed by atoms with Crippen LogP contribution in [-0.4, -0.2) is 35.0 Å². The molecule has 0 saturated heterocycles. The van der Waals surface area contributed by atoms with Gasteiger partial charge in [0.2, 0.25) is 0 Å². The maximum atomic E-state index is 10.6. The molecule has 0 fully saturated rings. The number of halogens is 1. The Morgan fingerprint density at radius 3 is 2.82 bits per heavy atom. The number of rotatable bonds is 7. The number of aromatic nitrogens is 2. The third-order valence-corrected chi connectivity index (χ3v) is 2.99. The molecule has 0 unspecified atom stereocenters. The van der Waals surface area contributed by atoms with E-state index in [1.165, 1.54) is 25.3 Å². The minimum absolute atomic E-state index is 0.0711. The molecule has 2 rings (SSSR count). The van der Waals surface area contributed by atoms with E-state index < -0.39 is 4.92 Å². The fraction of sp³-hybridized carbons (Fsp3) is 0.333. The molecule has 0 aliphatic carbocycles. The molecule has 22 heavy (non-hydrogen) atoms. The molecule has 1 aromatic heterocycles. The topological polar surface area (TPSA) is 113 Å². The van der Waals surface area contributed by atoms with E-state index in [4.69, 9.17) is 21.1 Å². The van der Waals surface area contributed by atoms with Gasteiger partial charge in [0.05, 0.1) is 29.3 Å². The molecule has 0 aliphatic heterocycles. The van der Waals surface area contributed by atoms with Crippen molar-refractivity contribution in [3.8, 4) is 11.8 Å². The van der Waals surface area contributed by atoms with Gasteiger partial charge in [-0.3, -0.25) is 10.1 Å². The molecule has 1 aromatic carbocycles. The number of nitrogens with one attached hydrogen (secondary N) is 1. The first-order chi connectivity index (χ1) is 10.5. The third kappa shape index (κ3) is 3.76. The fourth-order valence-corrected chi connectivity index (χ4v) is 1.86. The number of benzene rings is 1. The molecule has 0 aliphatic rings. The zero-order chi connectivity index (χ0) is 16.1. The normalized spacial score (nSPS) is 11.8. The summed E-state index contributed by atoms with van der Waals surface area (Å²) in [4.78, 5) is 10.1. The summed E-state index contributed by atoms with van der Waals surface area (Å²) in [6.07, 6.45) is -0.299. The van der Waals surface area contributed by atoms with Crippen LogP contribution in [0.3, 0.4) is 0 Å². The number of nitrogens with zero attached hydrogens (tertiary/aromatic N) is 3. The van der Waals surface area contributed by atoms with E-state index in [0.29, 0.717) is 12.2 Å². The average molecular weight is 329 g/mol. The van der Waals surface area contributed by atoms with E-state index >= 15 is 0 Å². The summed E-state index contributed by atoms with van der Waals surface area (Å²) in [7, 11) is 1.42. The van der Waals surface area contributed by atoms with Gasteiger partial charge in [0.15, 0.2) is 0 Å².